The molecule has 0 bridgehead atoms. The summed E-state index contributed by atoms with van der Waals surface area (Å²) in [6, 6.07) is 8.21. The van der Waals surface area contributed by atoms with Crippen LogP contribution in [0.3, 0.4) is 0 Å². The van der Waals surface area contributed by atoms with Crippen molar-refractivity contribution in [1.82, 2.24) is 20.4 Å². The van der Waals surface area contributed by atoms with Crippen LogP contribution in [0.2, 0.25) is 0 Å². The molecule has 4 rings (SSSR count). The second-order valence-electron chi connectivity index (χ2n) is 7.74. The van der Waals surface area contributed by atoms with Gasteiger partial charge < -0.3 is 14.7 Å². The number of likely N-dealkylation sites (tertiary alicyclic amines) is 1. The van der Waals surface area contributed by atoms with Gasteiger partial charge in [-0.2, -0.15) is 4.98 Å². The second kappa shape index (κ2) is 8.95. The number of benzene rings is 1. The minimum Gasteiger partial charge on any atom is -0.344 e. The van der Waals surface area contributed by atoms with Gasteiger partial charge in [0.05, 0.1) is 11.4 Å². The molecule has 2 aromatic heterocycles. The fourth-order valence-corrected chi connectivity index (χ4v) is 5.33. The first kappa shape index (κ1) is 20.5. The standard InChI is InChI=1S/C22H26N4O3S/c1-14-24-20(25-29-14)13-23-22(28)21-18(17-9-5-6-10-19(17)30-21)12-16-8-4-3-7-11-26(16)15(2)27/h5-6,9-10,16H,3-4,7-8,11-13H2,1-2H3,(H,23,28)/t16-/m0/s1. The molecule has 3 aromatic rings. The predicted octanol–water partition coefficient (Wildman–Crippen LogP) is 3.86. The van der Waals surface area contributed by atoms with Crippen molar-refractivity contribution in [1.29, 1.82) is 0 Å². The molecule has 1 fully saturated rings. The van der Waals surface area contributed by atoms with E-state index < -0.39 is 0 Å². The Morgan fingerprint density at radius 3 is 2.87 bits per heavy atom. The number of hydrogen-bond acceptors (Lipinski definition) is 6. The number of nitrogens with zero attached hydrogens (tertiary/aromatic N) is 3. The van der Waals surface area contributed by atoms with E-state index in [-0.39, 0.29) is 24.4 Å². The van der Waals surface area contributed by atoms with Crippen molar-refractivity contribution in [2.45, 2.75) is 58.5 Å². The fourth-order valence-electron chi connectivity index (χ4n) is 4.18. The third-order valence-corrected chi connectivity index (χ3v) is 6.81. The van der Waals surface area contributed by atoms with E-state index in [4.69, 9.17) is 4.52 Å². The molecule has 1 atom stereocenters. The topological polar surface area (TPSA) is 88.3 Å². The molecular formula is C22H26N4O3S. The molecule has 30 heavy (non-hydrogen) atoms. The number of rotatable bonds is 5. The average Bonchev–Trinajstić information content (AvgIpc) is 3.22. The fraction of sp³-hybridized carbons (Fsp3) is 0.455. The number of amides is 2. The summed E-state index contributed by atoms with van der Waals surface area (Å²) in [5, 5.41) is 7.85. The van der Waals surface area contributed by atoms with Gasteiger partial charge in [0.1, 0.15) is 0 Å². The largest absolute Gasteiger partial charge is 0.344 e. The first-order valence-electron chi connectivity index (χ1n) is 10.4. The Balaban J connectivity index is 1.62. The molecule has 7 nitrogen and oxygen atoms in total. The smallest absolute Gasteiger partial charge is 0.262 e. The molecule has 0 unspecified atom stereocenters. The van der Waals surface area contributed by atoms with Gasteiger partial charge in [-0.05, 0) is 36.3 Å². The van der Waals surface area contributed by atoms with Crippen molar-refractivity contribution in [2.75, 3.05) is 6.54 Å². The third kappa shape index (κ3) is 4.38. The predicted molar refractivity (Wildman–Crippen MR) is 115 cm³/mol. The van der Waals surface area contributed by atoms with Crippen LogP contribution in [-0.4, -0.2) is 39.4 Å². The maximum absolute atomic E-state index is 13.1. The zero-order chi connectivity index (χ0) is 21.1. The van der Waals surface area contributed by atoms with E-state index in [0.29, 0.717) is 23.0 Å². The van der Waals surface area contributed by atoms with Crippen LogP contribution in [-0.2, 0) is 17.8 Å². The maximum Gasteiger partial charge on any atom is 0.262 e. The highest BCUT2D eigenvalue weighted by Gasteiger charge is 2.27. The van der Waals surface area contributed by atoms with Gasteiger partial charge in [0.15, 0.2) is 5.82 Å². The summed E-state index contributed by atoms with van der Waals surface area (Å²) in [5.74, 6) is 0.895. The quantitative estimate of drug-likeness (QED) is 0.669. The van der Waals surface area contributed by atoms with Crippen molar-refractivity contribution in [2.24, 2.45) is 0 Å². The summed E-state index contributed by atoms with van der Waals surface area (Å²) in [6.45, 7) is 4.37. The number of aryl methyl sites for hydroxylation is 1. The lowest BCUT2D eigenvalue weighted by Gasteiger charge is -2.29. The lowest BCUT2D eigenvalue weighted by molar-refractivity contribution is -0.131. The van der Waals surface area contributed by atoms with Gasteiger partial charge in [-0.3, -0.25) is 9.59 Å². The van der Waals surface area contributed by atoms with E-state index in [9.17, 15) is 9.59 Å². The lowest BCUT2D eigenvalue weighted by Crippen LogP contribution is -2.40. The Hall–Kier alpha value is -2.74. The van der Waals surface area contributed by atoms with E-state index in [2.05, 4.69) is 21.5 Å². The second-order valence-corrected chi connectivity index (χ2v) is 8.79. The minimum absolute atomic E-state index is 0.111. The lowest BCUT2D eigenvalue weighted by atomic mass is 9.98. The van der Waals surface area contributed by atoms with Gasteiger partial charge >= 0.3 is 0 Å². The van der Waals surface area contributed by atoms with Gasteiger partial charge in [-0.25, -0.2) is 0 Å². The molecule has 1 saturated heterocycles. The zero-order valence-electron chi connectivity index (χ0n) is 17.3. The maximum atomic E-state index is 13.1. The Morgan fingerprint density at radius 2 is 2.10 bits per heavy atom. The molecule has 0 spiro atoms. The molecule has 8 heteroatoms. The Morgan fingerprint density at radius 1 is 1.27 bits per heavy atom. The molecule has 158 valence electrons. The highest BCUT2D eigenvalue weighted by Crippen LogP contribution is 2.34. The van der Waals surface area contributed by atoms with Crippen LogP contribution in [0.5, 0.6) is 0 Å². The van der Waals surface area contributed by atoms with Gasteiger partial charge in [-0.1, -0.05) is 36.2 Å². The summed E-state index contributed by atoms with van der Waals surface area (Å²) in [5.41, 5.74) is 1.02. The molecule has 1 aliphatic rings. The van der Waals surface area contributed by atoms with E-state index in [0.717, 1.165) is 47.9 Å². The first-order chi connectivity index (χ1) is 14.5. The van der Waals surface area contributed by atoms with E-state index in [1.54, 1.807) is 13.8 Å². The SMILES string of the molecule is CC(=O)N1CCCCC[C@H]1Cc1c(C(=O)NCc2noc(C)n2)sc2ccccc12. The molecule has 3 heterocycles. The Bertz CT molecular complexity index is 1060. The normalized spacial score (nSPS) is 17.1. The summed E-state index contributed by atoms with van der Waals surface area (Å²) in [6.07, 6.45) is 4.94. The van der Waals surface area contributed by atoms with Crippen molar-refractivity contribution < 1.29 is 14.1 Å². The number of hydrogen-bond donors (Lipinski definition) is 1. The van der Waals surface area contributed by atoms with Crippen LogP contribution in [0.1, 0.15) is 59.6 Å². The summed E-state index contributed by atoms with van der Waals surface area (Å²) in [4.78, 5) is 32.2. The van der Waals surface area contributed by atoms with E-state index >= 15 is 0 Å². The molecular weight excluding hydrogens is 400 g/mol. The number of fused-ring (bicyclic) bond motifs is 1. The highest BCUT2D eigenvalue weighted by molar-refractivity contribution is 7.21. The highest BCUT2D eigenvalue weighted by atomic mass is 32.1. The molecule has 0 saturated carbocycles. The van der Waals surface area contributed by atoms with E-state index in [1.807, 2.05) is 23.1 Å². The van der Waals surface area contributed by atoms with Gasteiger partial charge in [0.25, 0.3) is 5.91 Å². The minimum atomic E-state index is -0.142. The van der Waals surface area contributed by atoms with Crippen LogP contribution in [0.4, 0.5) is 0 Å². The van der Waals surface area contributed by atoms with Gasteiger partial charge in [0.2, 0.25) is 11.8 Å². The summed E-state index contributed by atoms with van der Waals surface area (Å²) < 4.78 is 6.05. The Kier molecular flexibility index (Phi) is 6.13. The van der Waals surface area contributed by atoms with Crippen molar-refractivity contribution in [3.63, 3.8) is 0 Å². The van der Waals surface area contributed by atoms with E-state index in [1.165, 1.54) is 11.3 Å². The molecule has 2 amide bonds. The molecule has 1 aliphatic heterocycles. The monoisotopic (exact) mass is 426 g/mol. The first-order valence-corrected chi connectivity index (χ1v) is 11.2. The number of nitrogens with one attached hydrogen (secondary N) is 1. The molecule has 0 radical (unpaired) electrons. The average molecular weight is 427 g/mol. The Labute approximate surface area is 179 Å². The number of carbonyl (C=O) groups is 2. The number of aromatic nitrogens is 2. The van der Waals surface area contributed by atoms with Crippen molar-refractivity contribution in [3.8, 4) is 0 Å². The molecule has 1 aromatic carbocycles. The summed E-state index contributed by atoms with van der Waals surface area (Å²) >= 11 is 1.50. The van der Waals surface area contributed by atoms with Crippen molar-refractivity contribution >= 4 is 33.2 Å². The molecule has 1 N–H and O–H groups in total. The zero-order valence-corrected chi connectivity index (χ0v) is 18.1. The summed E-state index contributed by atoms with van der Waals surface area (Å²) in [7, 11) is 0. The van der Waals surface area contributed by atoms with Gasteiger partial charge in [-0.15, -0.1) is 11.3 Å². The number of carbonyl (C=O) groups excluding carboxylic acids is 2. The number of thiophene rings is 1. The third-order valence-electron chi connectivity index (χ3n) is 5.60. The van der Waals surface area contributed by atoms with Crippen LogP contribution in [0.15, 0.2) is 28.8 Å². The van der Waals surface area contributed by atoms with Gasteiger partial charge in [0, 0.05) is 31.1 Å². The van der Waals surface area contributed by atoms with Crippen LogP contribution >= 0.6 is 11.3 Å². The van der Waals surface area contributed by atoms with Crippen LogP contribution in [0, 0.1) is 6.92 Å². The van der Waals surface area contributed by atoms with Crippen molar-refractivity contribution in [3.05, 3.63) is 46.4 Å². The molecule has 0 aliphatic carbocycles. The van der Waals surface area contributed by atoms with Crippen LogP contribution < -0.4 is 5.32 Å². The van der Waals surface area contributed by atoms with Crippen LogP contribution in [0.25, 0.3) is 10.1 Å².